The van der Waals surface area contributed by atoms with Crippen molar-refractivity contribution in [3.63, 3.8) is 0 Å². The molecule has 82 valence electrons. The van der Waals surface area contributed by atoms with Crippen LogP contribution in [-0.4, -0.2) is 9.78 Å². The summed E-state index contributed by atoms with van der Waals surface area (Å²) < 4.78 is 29.2. The summed E-state index contributed by atoms with van der Waals surface area (Å²) in [5.74, 6) is -3.30. The molecule has 2 atom stereocenters. The minimum Gasteiger partial charge on any atom is -0.259 e. The minimum atomic E-state index is -2.73. The topological polar surface area (TPSA) is 17.8 Å². The molecule has 1 fully saturated rings. The lowest BCUT2D eigenvalue weighted by atomic mass is 10.1. The van der Waals surface area contributed by atoms with Gasteiger partial charge in [0.25, 0.3) is 5.92 Å². The first-order valence-corrected chi connectivity index (χ1v) is 5.48. The number of rotatable bonds is 1. The Kier molecular flexibility index (Phi) is 1.62. The van der Waals surface area contributed by atoms with Gasteiger partial charge >= 0.3 is 0 Å². The van der Waals surface area contributed by atoms with Crippen molar-refractivity contribution < 1.29 is 8.78 Å². The van der Waals surface area contributed by atoms with E-state index in [0.717, 1.165) is 0 Å². The zero-order valence-electron chi connectivity index (χ0n) is 8.47. The van der Waals surface area contributed by atoms with Crippen molar-refractivity contribution in [1.82, 2.24) is 9.78 Å². The van der Waals surface area contributed by atoms with Gasteiger partial charge in [0, 0.05) is 17.5 Å². The van der Waals surface area contributed by atoms with Crippen LogP contribution in [0, 0.1) is 5.92 Å². The molecule has 1 aromatic rings. The zero-order chi connectivity index (χ0) is 11.0. The molecule has 2 aliphatic rings. The van der Waals surface area contributed by atoms with Gasteiger partial charge in [0.2, 0.25) is 0 Å². The van der Waals surface area contributed by atoms with Gasteiger partial charge in [0.1, 0.15) is 5.69 Å². The van der Waals surface area contributed by atoms with E-state index in [1.165, 1.54) is 4.68 Å². The maximum atomic E-state index is 13.9. The van der Waals surface area contributed by atoms with E-state index in [-0.39, 0.29) is 22.8 Å². The molecule has 0 aromatic carbocycles. The van der Waals surface area contributed by atoms with Gasteiger partial charge in [0.15, 0.2) is 5.15 Å². The lowest BCUT2D eigenvalue weighted by molar-refractivity contribution is -0.0318. The second-order valence-electron chi connectivity index (χ2n) is 4.66. The molecule has 5 heteroatoms. The Morgan fingerprint density at radius 3 is 2.80 bits per heavy atom. The number of hydrogen-bond donors (Lipinski definition) is 0. The molecule has 1 aromatic heterocycles. The van der Waals surface area contributed by atoms with Crippen LogP contribution in [0.25, 0.3) is 0 Å². The fourth-order valence-corrected chi connectivity index (χ4v) is 2.86. The minimum absolute atomic E-state index is 0.0463. The van der Waals surface area contributed by atoms with Gasteiger partial charge < -0.3 is 0 Å². The number of nitrogens with zero attached hydrogens (tertiary/aromatic N) is 2. The first kappa shape index (κ1) is 9.58. The molecule has 0 radical (unpaired) electrons. The molecule has 3 rings (SSSR count). The van der Waals surface area contributed by atoms with Gasteiger partial charge in [-0.1, -0.05) is 11.6 Å². The number of aromatic nitrogens is 2. The smallest absolute Gasteiger partial charge is 0.259 e. The highest BCUT2D eigenvalue weighted by atomic mass is 35.5. The third kappa shape index (κ3) is 1.01. The molecule has 2 aliphatic carbocycles. The van der Waals surface area contributed by atoms with Crippen LogP contribution in [0.3, 0.4) is 0 Å². The third-order valence-corrected chi connectivity index (χ3v) is 3.61. The summed E-state index contributed by atoms with van der Waals surface area (Å²) in [5.41, 5.74) is 0.657. The molecule has 0 bridgehead atoms. The molecule has 0 spiro atoms. The summed E-state index contributed by atoms with van der Waals surface area (Å²) >= 11 is 5.92. The zero-order valence-corrected chi connectivity index (χ0v) is 9.22. The van der Waals surface area contributed by atoms with Crippen LogP contribution in [0.4, 0.5) is 8.78 Å². The van der Waals surface area contributed by atoms with Gasteiger partial charge in [0.05, 0.1) is 0 Å². The first-order valence-electron chi connectivity index (χ1n) is 5.10. The third-order valence-electron chi connectivity index (χ3n) is 3.33. The van der Waals surface area contributed by atoms with E-state index in [4.69, 9.17) is 11.6 Å². The van der Waals surface area contributed by atoms with E-state index >= 15 is 0 Å². The lowest BCUT2D eigenvalue weighted by Gasteiger charge is -2.17. The van der Waals surface area contributed by atoms with E-state index in [9.17, 15) is 8.78 Å². The van der Waals surface area contributed by atoms with E-state index in [1.807, 2.05) is 13.8 Å². The van der Waals surface area contributed by atoms with Crippen molar-refractivity contribution in [2.24, 2.45) is 5.92 Å². The second-order valence-corrected chi connectivity index (χ2v) is 5.02. The molecule has 0 N–H and O–H groups in total. The van der Waals surface area contributed by atoms with Crippen LogP contribution in [0.15, 0.2) is 0 Å². The molecule has 0 saturated heterocycles. The number of hydrogen-bond acceptors (Lipinski definition) is 1. The molecule has 1 heterocycles. The van der Waals surface area contributed by atoms with Crippen molar-refractivity contribution >= 4 is 11.6 Å². The van der Waals surface area contributed by atoms with Gasteiger partial charge in [-0.25, -0.2) is 0 Å². The van der Waals surface area contributed by atoms with Crippen molar-refractivity contribution in [3.05, 3.63) is 16.4 Å². The predicted molar refractivity (Wildman–Crippen MR) is 52.4 cm³/mol. The monoisotopic (exact) mass is 232 g/mol. The lowest BCUT2D eigenvalue weighted by Crippen LogP contribution is -2.21. The van der Waals surface area contributed by atoms with Gasteiger partial charge in [-0.2, -0.15) is 13.9 Å². The summed E-state index contributed by atoms with van der Waals surface area (Å²) in [4.78, 5) is 0. The van der Waals surface area contributed by atoms with Crippen molar-refractivity contribution in [3.8, 4) is 0 Å². The normalized spacial score (nSPS) is 30.5. The van der Waals surface area contributed by atoms with Gasteiger partial charge in [-0.05, 0) is 26.2 Å². The molecular formula is C10H11ClF2N2. The van der Waals surface area contributed by atoms with Crippen LogP contribution in [-0.2, 0) is 5.92 Å². The SMILES string of the molecule is CC(C)n1nc(Cl)c2c1C(F)(F)[C@@H]1C[C@H]21. The molecule has 15 heavy (non-hydrogen) atoms. The first-order chi connectivity index (χ1) is 6.94. The summed E-state index contributed by atoms with van der Waals surface area (Å²) in [6.45, 7) is 3.67. The average molecular weight is 233 g/mol. The molecule has 0 unspecified atom stereocenters. The Morgan fingerprint density at radius 2 is 2.20 bits per heavy atom. The van der Waals surface area contributed by atoms with Crippen molar-refractivity contribution in [2.45, 2.75) is 38.2 Å². The van der Waals surface area contributed by atoms with Gasteiger partial charge in [-0.15, -0.1) is 0 Å². The summed E-state index contributed by atoms with van der Waals surface area (Å²) in [6.07, 6.45) is 0.559. The number of halogens is 3. The Balaban J connectivity index is 2.24. The van der Waals surface area contributed by atoms with E-state index in [2.05, 4.69) is 5.10 Å². The Labute approximate surface area is 91.2 Å². The summed E-state index contributed by atoms with van der Waals surface area (Å²) in [6, 6.07) is -0.0744. The molecule has 0 amide bonds. The highest BCUT2D eigenvalue weighted by Crippen LogP contribution is 2.68. The molecule has 2 nitrogen and oxygen atoms in total. The Morgan fingerprint density at radius 1 is 1.53 bits per heavy atom. The number of alkyl halides is 2. The quantitative estimate of drug-likeness (QED) is 0.726. The standard InChI is InChI=1S/C10H11ClF2N2/c1-4(2)15-8-7(9(11)14-15)5-3-6(5)10(8,12)13/h4-6H,3H2,1-2H3/t5-,6+/m0/s1. The van der Waals surface area contributed by atoms with E-state index in [1.54, 1.807) is 0 Å². The van der Waals surface area contributed by atoms with Crippen LogP contribution >= 0.6 is 11.6 Å². The number of fused-ring (bicyclic) bond motifs is 3. The maximum Gasteiger partial charge on any atom is 0.293 e. The molecule has 1 saturated carbocycles. The van der Waals surface area contributed by atoms with Crippen LogP contribution in [0.1, 0.15) is 43.5 Å². The maximum absolute atomic E-state index is 13.9. The average Bonchev–Trinajstić information content (AvgIpc) is 2.78. The van der Waals surface area contributed by atoms with Gasteiger partial charge in [-0.3, -0.25) is 4.68 Å². The second kappa shape index (κ2) is 2.54. The summed E-state index contributed by atoms with van der Waals surface area (Å²) in [5, 5.41) is 4.27. The molecular weight excluding hydrogens is 222 g/mol. The largest absolute Gasteiger partial charge is 0.293 e. The Bertz CT molecular complexity index is 439. The predicted octanol–water partition coefficient (Wildman–Crippen LogP) is 3.33. The molecule has 0 aliphatic heterocycles. The van der Waals surface area contributed by atoms with E-state index in [0.29, 0.717) is 12.0 Å². The Hall–Kier alpha value is -0.640. The van der Waals surface area contributed by atoms with Crippen LogP contribution in [0.2, 0.25) is 5.15 Å². The highest BCUT2D eigenvalue weighted by molar-refractivity contribution is 6.30. The fraction of sp³-hybridized carbons (Fsp3) is 0.700. The fourth-order valence-electron chi connectivity index (χ4n) is 2.54. The van der Waals surface area contributed by atoms with Crippen molar-refractivity contribution in [2.75, 3.05) is 0 Å². The van der Waals surface area contributed by atoms with Crippen LogP contribution in [0.5, 0.6) is 0 Å². The summed E-state index contributed by atoms with van der Waals surface area (Å²) in [7, 11) is 0. The van der Waals surface area contributed by atoms with E-state index < -0.39 is 11.8 Å². The highest BCUT2D eigenvalue weighted by Gasteiger charge is 2.66. The van der Waals surface area contributed by atoms with Crippen LogP contribution < -0.4 is 0 Å². The van der Waals surface area contributed by atoms with Crippen molar-refractivity contribution in [1.29, 1.82) is 0 Å².